The van der Waals surface area contributed by atoms with Gasteiger partial charge in [0.15, 0.2) is 0 Å². The van der Waals surface area contributed by atoms with E-state index in [0.717, 1.165) is 23.7 Å². The van der Waals surface area contributed by atoms with Gasteiger partial charge in [0.2, 0.25) is 5.95 Å². The minimum Gasteiger partial charge on any atom is -0.313 e. The Morgan fingerprint density at radius 3 is 2.52 bits per heavy atom. The predicted molar refractivity (Wildman–Crippen MR) is 85.9 cm³/mol. The summed E-state index contributed by atoms with van der Waals surface area (Å²) in [4.78, 5) is 11.0. The van der Waals surface area contributed by atoms with Gasteiger partial charge in [0.1, 0.15) is 0 Å². The van der Waals surface area contributed by atoms with Crippen molar-refractivity contribution in [3.05, 3.63) is 47.3 Å². The van der Waals surface area contributed by atoms with Crippen LogP contribution < -0.4 is 10.2 Å². The molecule has 1 heterocycles. The van der Waals surface area contributed by atoms with Crippen LogP contribution in [0.3, 0.4) is 0 Å². The summed E-state index contributed by atoms with van der Waals surface area (Å²) in [5, 5.41) is 3.47. The Balaban J connectivity index is 1.72. The van der Waals surface area contributed by atoms with Gasteiger partial charge in [0.25, 0.3) is 0 Å². The van der Waals surface area contributed by atoms with Crippen molar-refractivity contribution in [2.24, 2.45) is 0 Å². The van der Waals surface area contributed by atoms with Crippen LogP contribution in [0.15, 0.2) is 30.6 Å². The Morgan fingerprint density at radius 1 is 1.19 bits per heavy atom. The SMILES string of the molecule is Cc1ccc(N(C)c2ncc(CNC3CC3)cn2)c(C)c1. The van der Waals surface area contributed by atoms with Crippen molar-refractivity contribution >= 4 is 11.6 Å². The number of hydrogen-bond acceptors (Lipinski definition) is 4. The Hall–Kier alpha value is -1.94. The van der Waals surface area contributed by atoms with Crippen LogP contribution in [0.5, 0.6) is 0 Å². The molecule has 2 aromatic rings. The van der Waals surface area contributed by atoms with Gasteiger partial charge in [-0.05, 0) is 38.3 Å². The highest BCUT2D eigenvalue weighted by atomic mass is 15.2. The summed E-state index contributed by atoms with van der Waals surface area (Å²) >= 11 is 0. The minimum absolute atomic E-state index is 0.711. The van der Waals surface area contributed by atoms with Crippen LogP contribution in [0.25, 0.3) is 0 Å². The summed E-state index contributed by atoms with van der Waals surface area (Å²) in [6.07, 6.45) is 6.43. The van der Waals surface area contributed by atoms with Crippen LogP contribution in [-0.2, 0) is 6.54 Å². The first-order valence-corrected chi connectivity index (χ1v) is 7.49. The van der Waals surface area contributed by atoms with Crippen LogP contribution in [0.4, 0.5) is 11.6 Å². The van der Waals surface area contributed by atoms with Gasteiger partial charge in [0.05, 0.1) is 0 Å². The van der Waals surface area contributed by atoms with E-state index in [0.29, 0.717) is 6.04 Å². The molecule has 110 valence electrons. The van der Waals surface area contributed by atoms with E-state index in [2.05, 4.69) is 47.3 Å². The number of hydrogen-bond donors (Lipinski definition) is 1. The largest absolute Gasteiger partial charge is 0.313 e. The Kier molecular flexibility index (Phi) is 3.88. The molecule has 0 bridgehead atoms. The fraction of sp³-hybridized carbons (Fsp3) is 0.412. The molecule has 1 aromatic carbocycles. The number of benzene rings is 1. The van der Waals surface area contributed by atoms with Gasteiger partial charge in [-0.25, -0.2) is 9.97 Å². The van der Waals surface area contributed by atoms with Crippen molar-refractivity contribution < 1.29 is 0 Å². The van der Waals surface area contributed by atoms with Crippen molar-refractivity contribution in [1.29, 1.82) is 0 Å². The van der Waals surface area contributed by atoms with Crippen molar-refractivity contribution in [2.75, 3.05) is 11.9 Å². The van der Waals surface area contributed by atoms with Gasteiger partial charge in [0, 0.05) is 43.3 Å². The fourth-order valence-electron chi connectivity index (χ4n) is 2.45. The molecule has 4 heteroatoms. The quantitative estimate of drug-likeness (QED) is 0.915. The number of nitrogens with one attached hydrogen (secondary N) is 1. The van der Waals surface area contributed by atoms with E-state index in [-0.39, 0.29) is 0 Å². The molecule has 21 heavy (non-hydrogen) atoms. The molecular formula is C17H22N4. The molecular weight excluding hydrogens is 260 g/mol. The highest BCUT2D eigenvalue weighted by molar-refractivity contribution is 5.61. The first-order chi connectivity index (χ1) is 10.1. The van der Waals surface area contributed by atoms with Gasteiger partial charge in [-0.15, -0.1) is 0 Å². The highest BCUT2D eigenvalue weighted by Crippen LogP contribution is 2.25. The molecule has 1 aromatic heterocycles. The number of nitrogens with zero attached hydrogens (tertiary/aromatic N) is 3. The first-order valence-electron chi connectivity index (χ1n) is 7.49. The molecule has 4 nitrogen and oxygen atoms in total. The lowest BCUT2D eigenvalue weighted by molar-refractivity contribution is 0.683. The van der Waals surface area contributed by atoms with E-state index in [1.807, 2.05) is 24.3 Å². The van der Waals surface area contributed by atoms with Crippen LogP contribution >= 0.6 is 0 Å². The van der Waals surface area contributed by atoms with Crippen LogP contribution in [0.2, 0.25) is 0 Å². The monoisotopic (exact) mass is 282 g/mol. The number of aromatic nitrogens is 2. The molecule has 0 aliphatic heterocycles. The zero-order chi connectivity index (χ0) is 14.8. The molecule has 0 amide bonds. The van der Waals surface area contributed by atoms with E-state index in [9.17, 15) is 0 Å². The molecule has 3 rings (SSSR count). The lowest BCUT2D eigenvalue weighted by Crippen LogP contribution is -2.17. The van der Waals surface area contributed by atoms with Gasteiger partial charge < -0.3 is 10.2 Å². The normalized spacial score (nSPS) is 14.2. The zero-order valence-electron chi connectivity index (χ0n) is 12.9. The van der Waals surface area contributed by atoms with Gasteiger partial charge >= 0.3 is 0 Å². The Labute approximate surface area is 126 Å². The van der Waals surface area contributed by atoms with E-state index < -0.39 is 0 Å². The highest BCUT2D eigenvalue weighted by Gasteiger charge is 2.20. The first kappa shape index (κ1) is 14.0. The lowest BCUT2D eigenvalue weighted by atomic mass is 10.1. The number of anilines is 2. The molecule has 1 aliphatic carbocycles. The number of rotatable bonds is 5. The second-order valence-corrected chi connectivity index (χ2v) is 5.90. The van der Waals surface area contributed by atoms with Gasteiger partial charge in [-0.3, -0.25) is 0 Å². The van der Waals surface area contributed by atoms with E-state index in [1.54, 1.807) is 0 Å². The fourth-order valence-corrected chi connectivity index (χ4v) is 2.45. The van der Waals surface area contributed by atoms with Crippen molar-refractivity contribution in [3.63, 3.8) is 0 Å². The van der Waals surface area contributed by atoms with Crippen molar-refractivity contribution in [3.8, 4) is 0 Å². The Bertz CT molecular complexity index is 617. The van der Waals surface area contributed by atoms with Crippen molar-refractivity contribution in [1.82, 2.24) is 15.3 Å². The predicted octanol–water partition coefficient (Wildman–Crippen LogP) is 3.11. The van der Waals surface area contributed by atoms with E-state index in [1.165, 1.54) is 24.0 Å². The van der Waals surface area contributed by atoms with Gasteiger partial charge in [-0.2, -0.15) is 0 Å². The smallest absolute Gasteiger partial charge is 0.229 e. The molecule has 1 N–H and O–H groups in total. The van der Waals surface area contributed by atoms with E-state index in [4.69, 9.17) is 0 Å². The molecule has 0 saturated heterocycles. The van der Waals surface area contributed by atoms with Crippen LogP contribution in [0.1, 0.15) is 29.5 Å². The second-order valence-electron chi connectivity index (χ2n) is 5.90. The summed E-state index contributed by atoms with van der Waals surface area (Å²) in [5.74, 6) is 0.733. The van der Waals surface area contributed by atoms with Gasteiger partial charge in [-0.1, -0.05) is 17.7 Å². The zero-order valence-corrected chi connectivity index (χ0v) is 12.9. The lowest BCUT2D eigenvalue weighted by Gasteiger charge is -2.19. The molecule has 1 aliphatic rings. The maximum atomic E-state index is 4.49. The topological polar surface area (TPSA) is 41.1 Å². The average molecular weight is 282 g/mol. The Morgan fingerprint density at radius 2 is 1.90 bits per heavy atom. The summed E-state index contributed by atoms with van der Waals surface area (Å²) in [5.41, 5.74) is 4.79. The third kappa shape index (κ3) is 3.39. The second kappa shape index (κ2) is 5.82. The molecule has 0 unspecified atom stereocenters. The molecule has 1 fully saturated rings. The average Bonchev–Trinajstić information content (AvgIpc) is 3.29. The molecule has 0 radical (unpaired) electrons. The van der Waals surface area contributed by atoms with E-state index >= 15 is 0 Å². The standard InChI is InChI=1S/C17H22N4/c1-12-4-7-16(13(2)8-12)21(3)17-19-10-14(11-20-17)9-18-15-5-6-15/h4,7-8,10-11,15,18H,5-6,9H2,1-3H3. The minimum atomic E-state index is 0.711. The maximum absolute atomic E-state index is 4.49. The number of aryl methyl sites for hydroxylation is 2. The third-order valence-electron chi connectivity index (χ3n) is 3.88. The summed E-state index contributed by atoms with van der Waals surface area (Å²) in [7, 11) is 2.01. The molecule has 0 atom stereocenters. The summed E-state index contributed by atoms with van der Waals surface area (Å²) in [6.45, 7) is 5.08. The summed E-state index contributed by atoms with van der Waals surface area (Å²) in [6, 6.07) is 7.13. The third-order valence-corrected chi connectivity index (χ3v) is 3.88. The summed E-state index contributed by atoms with van der Waals surface area (Å²) < 4.78 is 0. The van der Waals surface area contributed by atoms with Crippen molar-refractivity contribution in [2.45, 2.75) is 39.3 Å². The van der Waals surface area contributed by atoms with Crippen LogP contribution in [-0.4, -0.2) is 23.1 Å². The molecule has 0 spiro atoms. The molecule has 1 saturated carbocycles. The van der Waals surface area contributed by atoms with Crippen LogP contribution in [0, 0.1) is 13.8 Å². The maximum Gasteiger partial charge on any atom is 0.229 e.